The summed E-state index contributed by atoms with van der Waals surface area (Å²) < 4.78 is 0. The summed E-state index contributed by atoms with van der Waals surface area (Å²) in [5.41, 5.74) is 1.39. The lowest BCUT2D eigenvalue weighted by molar-refractivity contribution is 0.190. The molecule has 2 saturated heterocycles. The Labute approximate surface area is 150 Å². The normalized spacial score (nSPS) is 18.9. The van der Waals surface area contributed by atoms with Crippen LogP contribution in [-0.2, 0) is 0 Å². The Balaban J connectivity index is 0.000000521. The van der Waals surface area contributed by atoms with Crippen molar-refractivity contribution >= 4 is 5.69 Å². The number of hydrogen-bond acceptors (Lipinski definition) is 3. The first kappa shape index (κ1) is 21.0. The molecule has 0 atom stereocenters. The van der Waals surface area contributed by atoms with Gasteiger partial charge in [0.1, 0.15) is 0 Å². The second-order valence-electron chi connectivity index (χ2n) is 6.52. The lowest BCUT2D eigenvalue weighted by Crippen LogP contribution is -2.46. The van der Waals surface area contributed by atoms with E-state index in [1.165, 1.54) is 70.8 Å². The number of nitrogens with zero attached hydrogens (tertiary/aromatic N) is 2. The van der Waals surface area contributed by atoms with Gasteiger partial charge >= 0.3 is 0 Å². The minimum atomic E-state index is 0.901. The number of para-hydroxylation sites is 1. The smallest absolute Gasteiger partial charge is 0.0366 e. The fourth-order valence-electron chi connectivity index (χ4n) is 3.27. The van der Waals surface area contributed by atoms with E-state index in [4.69, 9.17) is 0 Å². The molecule has 0 spiro atoms. The molecule has 0 bridgehead atoms. The van der Waals surface area contributed by atoms with Crippen molar-refractivity contribution < 1.29 is 0 Å². The molecular formula is C21H39N3. The van der Waals surface area contributed by atoms with Gasteiger partial charge in [0, 0.05) is 51.5 Å². The Hall–Kier alpha value is -1.06. The molecule has 3 rings (SSSR count). The Bertz CT molecular complexity index is 379. The first-order chi connectivity index (χ1) is 11.8. The van der Waals surface area contributed by atoms with E-state index in [0.717, 1.165) is 5.92 Å². The van der Waals surface area contributed by atoms with Gasteiger partial charge in [-0.25, -0.2) is 0 Å². The van der Waals surface area contributed by atoms with E-state index < -0.39 is 0 Å². The summed E-state index contributed by atoms with van der Waals surface area (Å²) >= 11 is 0. The van der Waals surface area contributed by atoms with Gasteiger partial charge in [-0.1, -0.05) is 52.3 Å². The average Bonchev–Trinajstić information content (AvgIpc) is 2.66. The third kappa shape index (κ3) is 7.67. The first-order valence-electron chi connectivity index (χ1n) is 10.1. The monoisotopic (exact) mass is 333 g/mol. The van der Waals surface area contributed by atoms with E-state index in [9.17, 15) is 0 Å². The molecule has 0 radical (unpaired) electrons. The number of benzene rings is 1. The third-order valence-electron chi connectivity index (χ3n) is 4.46. The van der Waals surface area contributed by atoms with E-state index in [-0.39, 0.29) is 0 Å². The van der Waals surface area contributed by atoms with Crippen molar-refractivity contribution in [2.45, 2.75) is 47.0 Å². The Morgan fingerprint density at radius 2 is 1.46 bits per heavy atom. The predicted molar refractivity (Wildman–Crippen MR) is 108 cm³/mol. The molecule has 3 nitrogen and oxygen atoms in total. The molecule has 0 aromatic heterocycles. The molecule has 138 valence electrons. The maximum atomic E-state index is 3.43. The Morgan fingerprint density at radius 3 is 2.00 bits per heavy atom. The number of nitrogens with one attached hydrogen (secondary N) is 1. The molecule has 0 unspecified atom stereocenters. The van der Waals surface area contributed by atoms with Crippen molar-refractivity contribution in [3.05, 3.63) is 30.3 Å². The van der Waals surface area contributed by atoms with Gasteiger partial charge < -0.3 is 15.1 Å². The van der Waals surface area contributed by atoms with Crippen LogP contribution in [-0.4, -0.2) is 50.7 Å². The van der Waals surface area contributed by atoms with Crippen LogP contribution in [0.3, 0.4) is 0 Å². The van der Waals surface area contributed by atoms with Crippen LogP contribution in [0.5, 0.6) is 0 Å². The molecule has 24 heavy (non-hydrogen) atoms. The highest BCUT2D eigenvalue weighted by atomic mass is 15.2. The van der Waals surface area contributed by atoms with Gasteiger partial charge in [0.2, 0.25) is 0 Å². The molecule has 0 aliphatic carbocycles. The fourth-order valence-corrected chi connectivity index (χ4v) is 3.27. The third-order valence-corrected chi connectivity index (χ3v) is 4.46. The molecule has 2 aliphatic heterocycles. The highest BCUT2D eigenvalue weighted by molar-refractivity contribution is 5.46. The second kappa shape index (κ2) is 13.3. The van der Waals surface area contributed by atoms with Gasteiger partial charge in [-0.2, -0.15) is 0 Å². The van der Waals surface area contributed by atoms with Gasteiger partial charge in [0.15, 0.2) is 0 Å². The minimum Gasteiger partial charge on any atom is -0.372 e. The zero-order valence-corrected chi connectivity index (χ0v) is 16.4. The van der Waals surface area contributed by atoms with Gasteiger partial charge in [-0.05, 0) is 30.9 Å². The quantitative estimate of drug-likeness (QED) is 0.892. The molecule has 0 amide bonds. The van der Waals surface area contributed by atoms with Crippen molar-refractivity contribution in [3.63, 3.8) is 0 Å². The van der Waals surface area contributed by atoms with Crippen molar-refractivity contribution in [1.82, 2.24) is 10.2 Å². The Morgan fingerprint density at radius 1 is 0.917 bits per heavy atom. The maximum Gasteiger partial charge on any atom is 0.0366 e. The molecular weight excluding hydrogens is 294 g/mol. The molecule has 2 heterocycles. The van der Waals surface area contributed by atoms with Crippen LogP contribution in [0.2, 0.25) is 0 Å². The van der Waals surface area contributed by atoms with Gasteiger partial charge in [0.25, 0.3) is 0 Å². The second-order valence-corrected chi connectivity index (χ2v) is 6.52. The van der Waals surface area contributed by atoms with Crippen molar-refractivity contribution in [1.29, 1.82) is 0 Å². The van der Waals surface area contributed by atoms with Crippen LogP contribution in [0.1, 0.15) is 47.0 Å². The largest absolute Gasteiger partial charge is 0.372 e. The highest BCUT2D eigenvalue weighted by Gasteiger charge is 2.22. The minimum absolute atomic E-state index is 0.901. The molecule has 1 aromatic rings. The van der Waals surface area contributed by atoms with E-state index in [0.29, 0.717) is 0 Å². The highest BCUT2D eigenvalue weighted by Crippen LogP contribution is 2.23. The zero-order valence-electron chi connectivity index (χ0n) is 16.4. The molecule has 1 aromatic carbocycles. The standard InChI is InChI=1S/C16H25N3.C3H8.C2H6/c1-2-4-16(5-3-1)19-10-6-15(7-11-19)14-18-12-8-17-9-13-18;1-3-2;1-2/h1-5,15,17H,6-14H2;3H2,1-2H3;1-2H3. The topological polar surface area (TPSA) is 18.5 Å². The Kier molecular flexibility index (Phi) is 11.6. The number of rotatable bonds is 3. The summed E-state index contributed by atoms with van der Waals surface area (Å²) in [5, 5.41) is 3.43. The van der Waals surface area contributed by atoms with Gasteiger partial charge in [-0.15, -0.1) is 0 Å². The number of hydrogen-bond donors (Lipinski definition) is 1. The van der Waals surface area contributed by atoms with Crippen LogP contribution < -0.4 is 10.2 Å². The van der Waals surface area contributed by atoms with Crippen LogP contribution in [0, 0.1) is 5.92 Å². The molecule has 3 heteroatoms. The summed E-state index contributed by atoms with van der Waals surface area (Å²) in [7, 11) is 0. The average molecular weight is 334 g/mol. The molecule has 1 N–H and O–H groups in total. The van der Waals surface area contributed by atoms with Crippen LogP contribution in [0.15, 0.2) is 30.3 Å². The fraction of sp³-hybridized carbons (Fsp3) is 0.714. The van der Waals surface area contributed by atoms with Crippen LogP contribution in [0.4, 0.5) is 5.69 Å². The molecule has 2 fully saturated rings. The number of piperidine rings is 1. The van der Waals surface area contributed by atoms with Crippen molar-refractivity contribution in [2.75, 3.05) is 50.7 Å². The zero-order chi connectivity index (χ0) is 17.6. The summed E-state index contributed by atoms with van der Waals surface area (Å²) in [4.78, 5) is 5.17. The summed E-state index contributed by atoms with van der Waals surface area (Å²) in [6.07, 6.45) is 3.94. The lowest BCUT2D eigenvalue weighted by Gasteiger charge is -2.37. The van der Waals surface area contributed by atoms with Gasteiger partial charge in [-0.3, -0.25) is 0 Å². The maximum absolute atomic E-state index is 3.43. The molecule has 0 saturated carbocycles. The summed E-state index contributed by atoms with van der Waals surface area (Å²) in [6.45, 7) is 16.8. The number of piperazine rings is 1. The lowest BCUT2D eigenvalue weighted by atomic mass is 9.95. The first-order valence-corrected chi connectivity index (χ1v) is 10.1. The van der Waals surface area contributed by atoms with Crippen LogP contribution >= 0.6 is 0 Å². The SMILES string of the molecule is CC.CCC.c1ccc(N2CCC(CN3CCNCC3)CC2)cc1. The van der Waals surface area contributed by atoms with Crippen molar-refractivity contribution in [3.8, 4) is 0 Å². The summed E-state index contributed by atoms with van der Waals surface area (Å²) in [6, 6.07) is 10.8. The van der Waals surface area contributed by atoms with E-state index in [2.05, 4.69) is 59.3 Å². The predicted octanol–water partition coefficient (Wildman–Crippen LogP) is 4.25. The van der Waals surface area contributed by atoms with E-state index in [1.54, 1.807) is 0 Å². The van der Waals surface area contributed by atoms with E-state index >= 15 is 0 Å². The number of anilines is 1. The molecule has 2 aliphatic rings. The van der Waals surface area contributed by atoms with E-state index in [1.807, 2.05) is 13.8 Å². The van der Waals surface area contributed by atoms with Crippen molar-refractivity contribution in [2.24, 2.45) is 5.92 Å². The van der Waals surface area contributed by atoms with Crippen LogP contribution in [0.25, 0.3) is 0 Å². The summed E-state index contributed by atoms with van der Waals surface area (Å²) in [5.74, 6) is 0.901. The van der Waals surface area contributed by atoms with Gasteiger partial charge in [0.05, 0.1) is 0 Å².